The number of ether oxygens (including phenoxy) is 1. The first kappa shape index (κ1) is 12.2. The summed E-state index contributed by atoms with van der Waals surface area (Å²) in [7, 11) is 0. The fraction of sp³-hybridized carbons (Fsp3) is 0. The lowest BCUT2D eigenvalue weighted by Gasteiger charge is -2.09. The number of anilines is 1. The Bertz CT molecular complexity index is 637. The van der Waals surface area contributed by atoms with Gasteiger partial charge in [0.1, 0.15) is 17.3 Å². The first-order valence-corrected chi connectivity index (χ1v) is 5.40. The highest BCUT2D eigenvalue weighted by molar-refractivity contribution is 6.32. The minimum atomic E-state index is -0.444. The zero-order valence-electron chi connectivity index (χ0n) is 9.15. The predicted molar refractivity (Wildman–Crippen MR) is 67.1 cm³/mol. The van der Waals surface area contributed by atoms with Crippen molar-refractivity contribution < 1.29 is 9.13 Å². The molecule has 0 atom stereocenters. The summed E-state index contributed by atoms with van der Waals surface area (Å²) in [6.45, 7) is 0. The smallest absolute Gasteiger partial charge is 0.150 e. The van der Waals surface area contributed by atoms with Crippen molar-refractivity contribution in [3.05, 3.63) is 52.8 Å². The van der Waals surface area contributed by atoms with Crippen molar-refractivity contribution in [2.75, 3.05) is 5.73 Å². The fourth-order valence-corrected chi connectivity index (χ4v) is 1.59. The molecular weight excluding hydrogens is 255 g/mol. The molecule has 0 aliphatic heterocycles. The molecule has 0 amide bonds. The molecule has 0 saturated heterocycles. The van der Waals surface area contributed by atoms with Crippen molar-refractivity contribution in [1.82, 2.24) is 0 Å². The second-order valence-electron chi connectivity index (χ2n) is 3.54. The summed E-state index contributed by atoms with van der Waals surface area (Å²) in [5, 5.41) is 8.86. The van der Waals surface area contributed by atoms with E-state index in [0.29, 0.717) is 22.7 Å². The summed E-state index contributed by atoms with van der Waals surface area (Å²) < 4.78 is 18.3. The Labute approximate surface area is 108 Å². The third kappa shape index (κ3) is 2.53. The molecule has 0 bridgehead atoms. The molecule has 3 nitrogen and oxygen atoms in total. The zero-order valence-corrected chi connectivity index (χ0v) is 9.91. The summed E-state index contributed by atoms with van der Waals surface area (Å²) in [5.41, 5.74) is 6.48. The summed E-state index contributed by atoms with van der Waals surface area (Å²) in [6, 6.07) is 10.4. The average Bonchev–Trinajstić information content (AvgIpc) is 2.34. The Hall–Kier alpha value is -2.25. The average molecular weight is 263 g/mol. The third-order valence-corrected chi connectivity index (χ3v) is 2.55. The van der Waals surface area contributed by atoms with Gasteiger partial charge in [-0.2, -0.15) is 5.26 Å². The number of nitrogens with two attached hydrogens (primary N) is 1. The largest absolute Gasteiger partial charge is 0.454 e. The Morgan fingerprint density at radius 2 is 1.89 bits per heavy atom. The molecule has 0 radical (unpaired) electrons. The number of benzene rings is 2. The van der Waals surface area contributed by atoms with Gasteiger partial charge in [-0.25, -0.2) is 4.39 Å². The summed E-state index contributed by atoms with van der Waals surface area (Å²) in [4.78, 5) is 0. The van der Waals surface area contributed by atoms with E-state index in [1.807, 2.05) is 6.07 Å². The predicted octanol–water partition coefficient (Wildman–Crippen LogP) is 3.73. The van der Waals surface area contributed by atoms with Crippen LogP contribution >= 0.6 is 11.6 Å². The molecule has 0 unspecified atom stereocenters. The lowest BCUT2D eigenvalue weighted by molar-refractivity contribution is 0.483. The van der Waals surface area contributed by atoms with E-state index >= 15 is 0 Å². The summed E-state index contributed by atoms with van der Waals surface area (Å²) in [5.74, 6) is 0.220. The van der Waals surface area contributed by atoms with Crippen molar-refractivity contribution in [2.24, 2.45) is 0 Å². The molecule has 2 N–H and O–H groups in total. The summed E-state index contributed by atoms with van der Waals surface area (Å²) >= 11 is 5.83. The molecule has 0 fully saturated rings. The van der Waals surface area contributed by atoms with Crippen molar-refractivity contribution >= 4 is 17.3 Å². The zero-order chi connectivity index (χ0) is 13.1. The van der Waals surface area contributed by atoms with Crippen LogP contribution in [0.25, 0.3) is 0 Å². The van der Waals surface area contributed by atoms with Crippen LogP contribution in [0.3, 0.4) is 0 Å². The van der Waals surface area contributed by atoms with Crippen molar-refractivity contribution in [3.63, 3.8) is 0 Å². The monoisotopic (exact) mass is 262 g/mol. The minimum absolute atomic E-state index is 0.152. The van der Waals surface area contributed by atoms with E-state index in [9.17, 15) is 4.39 Å². The number of halogens is 2. The highest BCUT2D eigenvalue weighted by Gasteiger charge is 2.07. The Kier molecular flexibility index (Phi) is 3.35. The normalized spacial score (nSPS) is 9.83. The van der Waals surface area contributed by atoms with Gasteiger partial charge in [0.15, 0.2) is 0 Å². The molecule has 0 aliphatic carbocycles. The van der Waals surface area contributed by atoms with Gasteiger partial charge in [-0.3, -0.25) is 0 Å². The lowest BCUT2D eigenvalue weighted by atomic mass is 10.2. The minimum Gasteiger partial charge on any atom is -0.454 e. The standard InChI is InChI=1S/C13H8ClFN2O/c14-10-6-9(15)2-4-12(10)18-13-3-1-8(7-16)5-11(13)17/h1-6H,17H2. The lowest BCUT2D eigenvalue weighted by Crippen LogP contribution is -1.93. The van der Waals surface area contributed by atoms with Crippen LogP contribution in [0.4, 0.5) is 10.1 Å². The van der Waals surface area contributed by atoms with Crippen LogP contribution in [0.5, 0.6) is 11.5 Å². The quantitative estimate of drug-likeness (QED) is 0.839. The van der Waals surface area contributed by atoms with E-state index in [1.54, 1.807) is 12.1 Å². The third-order valence-electron chi connectivity index (χ3n) is 2.25. The van der Waals surface area contributed by atoms with E-state index < -0.39 is 5.82 Å². The van der Waals surface area contributed by atoms with E-state index in [4.69, 9.17) is 27.3 Å². The second-order valence-corrected chi connectivity index (χ2v) is 3.95. The van der Waals surface area contributed by atoms with Crippen LogP contribution in [0.1, 0.15) is 5.56 Å². The number of nitrogens with zero attached hydrogens (tertiary/aromatic N) is 1. The van der Waals surface area contributed by atoms with Gasteiger partial charge >= 0.3 is 0 Å². The maximum Gasteiger partial charge on any atom is 0.150 e. The maximum atomic E-state index is 12.9. The van der Waals surface area contributed by atoms with E-state index in [-0.39, 0.29) is 5.02 Å². The van der Waals surface area contributed by atoms with Gasteiger partial charge in [-0.15, -0.1) is 0 Å². The fourth-order valence-electron chi connectivity index (χ4n) is 1.39. The van der Waals surface area contributed by atoms with Gasteiger partial charge in [0.2, 0.25) is 0 Å². The van der Waals surface area contributed by atoms with Gasteiger partial charge < -0.3 is 10.5 Å². The molecule has 2 aromatic carbocycles. The highest BCUT2D eigenvalue weighted by atomic mass is 35.5. The topological polar surface area (TPSA) is 59.0 Å². The molecule has 0 spiro atoms. The van der Waals surface area contributed by atoms with Gasteiger partial charge in [-0.1, -0.05) is 11.6 Å². The Balaban J connectivity index is 2.32. The summed E-state index contributed by atoms with van der Waals surface area (Å²) in [6.07, 6.45) is 0. The van der Waals surface area contributed by atoms with Crippen molar-refractivity contribution in [3.8, 4) is 17.6 Å². The van der Waals surface area contributed by atoms with E-state index in [0.717, 1.165) is 6.07 Å². The number of hydrogen-bond donors (Lipinski definition) is 1. The van der Waals surface area contributed by atoms with Crippen LogP contribution in [0.2, 0.25) is 5.02 Å². The van der Waals surface area contributed by atoms with Crippen LogP contribution in [0.15, 0.2) is 36.4 Å². The van der Waals surface area contributed by atoms with E-state index in [1.165, 1.54) is 18.2 Å². The Morgan fingerprint density at radius 3 is 2.50 bits per heavy atom. The number of nitrogen functional groups attached to an aromatic ring is 1. The first-order chi connectivity index (χ1) is 8.60. The van der Waals surface area contributed by atoms with Crippen LogP contribution in [-0.4, -0.2) is 0 Å². The molecule has 0 heterocycles. The Morgan fingerprint density at radius 1 is 1.17 bits per heavy atom. The molecule has 0 saturated carbocycles. The van der Waals surface area contributed by atoms with Crippen molar-refractivity contribution in [2.45, 2.75) is 0 Å². The van der Waals surface area contributed by atoms with E-state index in [2.05, 4.69) is 0 Å². The molecule has 0 aliphatic rings. The maximum absolute atomic E-state index is 12.9. The van der Waals surface area contributed by atoms with Gasteiger partial charge in [0.25, 0.3) is 0 Å². The van der Waals surface area contributed by atoms with Gasteiger partial charge in [0, 0.05) is 0 Å². The molecular formula is C13H8ClFN2O. The number of rotatable bonds is 2. The molecule has 0 aromatic heterocycles. The van der Waals surface area contributed by atoms with Crippen LogP contribution in [-0.2, 0) is 0 Å². The molecule has 2 rings (SSSR count). The van der Waals surface area contributed by atoms with Crippen LogP contribution in [0, 0.1) is 17.1 Å². The number of hydrogen-bond acceptors (Lipinski definition) is 3. The van der Waals surface area contributed by atoms with Gasteiger partial charge in [-0.05, 0) is 36.4 Å². The number of nitriles is 1. The molecule has 2 aromatic rings. The van der Waals surface area contributed by atoms with Crippen molar-refractivity contribution in [1.29, 1.82) is 5.26 Å². The molecule has 90 valence electrons. The van der Waals surface area contributed by atoms with Gasteiger partial charge in [0.05, 0.1) is 22.3 Å². The van der Waals surface area contributed by atoms with Crippen LogP contribution < -0.4 is 10.5 Å². The first-order valence-electron chi connectivity index (χ1n) is 5.02. The highest BCUT2D eigenvalue weighted by Crippen LogP contribution is 2.33. The molecule has 5 heteroatoms. The second kappa shape index (κ2) is 4.94. The molecule has 18 heavy (non-hydrogen) atoms. The SMILES string of the molecule is N#Cc1ccc(Oc2ccc(F)cc2Cl)c(N)c1.